The molecule has 1 aliphatic heterocycles. The summed E-state index contributed by atoms with van der Waals surface area (Å²) in [5.74, 6) is 0.382. The Bertz CT molecular complexity index is 766. The molecule has 7 heteroatoms. The third-order valence-corrected chi connectivity index (χ3v) is 4.19. The van der Waals surface area contributed by atoms with Gasteiger partial charge in [0.1, 0.15) is 22.8 Å². The highest BCUT2D eigenvalue weighted by atomic mass is 35.5. The van der Waals surface area contributed by atoms with Gasteiger partial charge in [-0.05, 0) is 25.0 Å². The molecule has 2 heterocycles. The van der Waals surface area contributed by atoms with Crippen molar-refractivity contribution in [3.63, 3.8) is 0 Å². The second-order valence-corrected chi connectivity index (χ2v) is 5.68. The molecule has 2 aromatic rings. The molecule has 0 radical (unpaired) electrons. The summed E-state index contributed by atoms with van der Waals surface area (Å²) in [4.78, 5) is 29.5. The predicted molar refractivity (Wildman–Crippen MR) is 86.6 cm³/mol. The van der Waals surface area contributed by atoms with Gasteiger partial charge in [0, 0.05) is 17.3 Å². The van der Waals surface area contributed by atoms with Crippen molar-refractivity contribution in [1.82, 2.24) is 15.2 Å². The molecule has 0 saturated carbocycles. The van der Waals surface area contributed by atoms with Gasteiger partial charge in [-0.3, -0.25) is 9.59 Å². The lowest BCUT2D eigenvalue weighted by atomic mass is 10.1. The average Bonchev–Trinajstić information content (AvgIpc) is 3.01. The Hall–Kier alpha value is -2.34. The molecule has 1 unspecified atom stereocenters. The smallest absolute Gasteiger partial charge is 0.274 e. The number of carbonyl (C=O) groups is 2. The SMILES string of the molecule is COc1cccc2c(C(=O)N3CCCC3NC=O)nc(Cl)cc12. The van der Waals surface area contributed by atoms with Crippen LogP contribution >= 0.6 is 11.6 Å². The minimum absolute atomic E-state index is 0.226. The summed E-state index contributed by atoms with van der Waals surface area (Å²) >= 11 is 6.09. The number of hydrogen-bond acceptors (Lipinski definition) is 4. The van der Waals surface area contributed by atoms with E-state index in [0.29, 0.717) is 24.1 Å². The van der Waals surface area contributed by atoms with E-state index in [9.17, 15) is 9.59 Å². The lowest BCUT2D eigenvalue weighted by Crippen LogP contribution is -2.44. The zero-order valence-corrected chi connectivity index (χ0v) is 13.3. The number of pyridine rings is 1. The molecule has 1 aromatic heterocycles. The van der Waals surface area contributed by atoms with Crippen LogP contribution in [-0.4, -0.2) is 42.0 Å². The van der Waals surface area contributed by atoms with Crippen molar-refractivity contribution in [2.75, 3.05) is 13.7 Å². The molecule has 0 bridgehead atoms. The van der Waals surface area contributed by atoms with Crippen molar-refractivity contribution in [2.45, 2.75) is 19.0 Å². The number of carbonyl (C=O) groups excluding carboxylic acids is 2. The van der Waals surface area contributed by atoms with Gasteiger partial charge in [0.25, 0.3) is 5.91 Å². The highest BCUT2D eigenvalue weighted by Gasteiger charge is 2.31. The Balaban J connectivity index is 2.08. The van der Waals surface area contributed by atoms with Crippen LogP contribution in [0.2, 0.25) is 5.15 Å². The van der Waals surface area contributed by atoms with Crippen molar-refractivity contribution in [3.05, 3.63) is 35.1 Å². The Kier molecular flexibility index (Phi) is 4.34. The summed E-state index contributed by atoms with van der Waals surface area (Å²) in [6.45, 7) is 0.573. The first-order chi connectivity index (χ1) is 11.2. The number of benzene rings is 1. The lowest BCUT2D eigenvalue weighted by Gasteiger charge is -2.24. The Morgan fingerprint density at radius 2 is 2.30 bits per heavy atom. The Morgan fingerprint density at radius 3 is 3.04 bits per heavy atom. The van der Waals surface area contributed by atoms with E-state index in [1.165, 1.54) is 0 Å². The van der Waals surface area contributed by atoms with Crippen LogP contribution in [0.5, 0.6) is 5.75 Å². The van der Waals surface area contributed by atoms with E-state index < -0.39 is 0 Å². The van der Waals surface area contributed by atoms with Crippen molar-refractivity contribution >= 4 is 34.7 Å². The highest BCUT2D eigenvalue weighted by Crippen LogP contribution is 2.30. The van der Waals surface area contributed by atoms with Crippen molar-refractivity contribution < 1.29 is 14.3 Å². The van der Waals surface area contributed by atoms with Crippen LogP contribution < -0.4 is 10.1 Å². The summed E-state index contributed by atoms with van der Waals surface area (Å²) < 4.78 is 5.33. The van der Waals surface area contributed by atoms with Gasteiger partial charge in [-0.15, -0.1) is 0 Å². The molecular formula is C16H16ClN3O3. The van der Waals surface area contributed by atoms with Crippen LogP contribution in [0.1, 0.15) is 23.3 Å². The van der Waals surface area contributed by atoms with Crippen molar-refractivity contribution in [2.24, 2.45) is 0 Å². The van der Waals surface area contributed by atoms with Gasteiger partial charge >= 0.3 is 0 Å². The molecule has 23 heavy (non-hydrogen) atoms. The molecule has 1 atom stereocenters. The average molecular weight is 334 g/mol. The predicted octanol–water partition coefficient (Wildman–Crippen LogP) is 2.20. The highest BCUT2D eigenvalue weighted by molar-refractivity contribution is 6.30. The molecule has 3 rings (SSSR count). The number of hydrogen-bond donors (Lipinski definition) is 1. The van der Waals surface area contributed by atoms with E-state index in [1.807, 2.05) is 6.07 Å². The van der Waals surface area contributed by atoms with Crippen molar-refractivity contribution in [1.29, 1.82) is 0 Å². The summed E-state index contributed by atoms with van der Waals surface area (Å²) in [5.41, 5.74) is 0.269. The number of halogens is 1. The van der Waals surface area contributed by atoms with Gasteiger partial charge in [0.15, 0.2) is 0 Å². The van der Waals surface area contributed by atoms with Crippen LogP contribution in [0, 0.1) is 0 Å². The molecule has 1 aromatic carbocycles. The summed E-state index contributed by atoms with van der Waals surface area (Å²) in [7, 11) is 1.56. The van der Waals surface area contributed by atoms with Crippen LogP contribution in [-0.2, 0) is 4.79 Å². The minimum Gasteiger partial charge on any atom is -0.496 e. The van der Waals surface area contributed by atoms with E-state index in [4.69, 9.17) is 16.3 Å². The minimum atomic E-state index is -0.304. The topological polar surface area (TPSA) is 71.5 Å². The largest absolute Gasteiger partial charge is 0.496 e. The maximum atomic E-state index is 12.9. The first-order valence-electron chi connectivity index (χ1n) is 7.29. The molecule has 6 nitrogen and oxygen atoms in total. The fourth-order valence-corrected chi connectivity index (χ4v) is 3.15. The number of nitrogens with one attached hydrogen (secondary N) is 1. The number of methoxy groups -OCH3 is 1. The molecule has 1 saturated heterocycles. The van der Waals surface area contributed by atoms with E-state index in [1.54, 1.807) is 30.2 Å². The normalized spacial score (nSPS) is 17.3. The fraction of sp³-hybridized carbons (Fsp3) is 0.312. The van der Waals surface area contributed by atoms with Crippen molar-refractivity contribution in [3.8, 4) is 5.75 Å². The third-order valence-electron chi connectivity index (χ3n) is 4.00. The van der Waals surface area contributed by atoms with Gasteiger partial charge < -0.3 is 15.0 Å². The number of rotatable bonds is 4. The van der Waals surface area contributed by atoms with Gasteiger partial charge in [-0.2, -0.15) is 0 Å². The monoisotopic (exact) mass is 333 g/mol. The number of fused-ring (bicyclic) bond motifs is 1. The zero-order valence-electron chi connectivity index (χ0n) is 12.6. The maximum Gasteiger partial charge on any atom is 0.274 e. The molecular weight excluding hydrogens is 318 g/mol. The standard InChI is InChI=1S/C16H16ClN3O3/c1-23-12-5-2-4-10-11(12)8-13(17)19-15(10)16(22)20-7-3-6-14(20)18-9-21/h2,4-5,8-9,14H,3,6-7H2,1H3,(H,18,21). The molecule has 1 aliphatic rings. The van der Waals surface area contributed by atoms with E-state index >= 15 is 0 Å². The summed E-state index contributed by atoms with van der Waals surface area (Å²) in [6, 6.07) is 7.10. The van der Waals surface area contributed by atoms with Gasteiger partial charge in [0.05, 0.1) is 7.11 Å². The van der Waals surface area contributed by atoms with Crippen LogP contribution in [0.4, 0.5) is 0 Å². The number of aromatic nitrogens is 1. The quantitative estimate of drug-likeness (QED) is 0.688. The second kappa shape index (κ2) is 6.42. The van der Waals surface area contributed by atoms with Crippen LogP contribution in [0.15, 0.2) is 24.3 Å². The second-order valence-electron chi connectivity index (χ2n) is 5.29. The number of nitrogens with zero attached hydrogens (tertiary/aromatic N) is 2. The van der Waals surface area contributed by atoms with E-state index in [2.05, 4.69) is 10.3 Å². The maximum absolute atomic E-state index is 12.9. The Morgan fingerprint density at radius 1 is 1.48 bits per heavy atom. The van der Waals surface area contributed by atoms with Gasteiger partial charge in [-0.1, -0.05) is 23.7 Å². The van der Waals surface area contributed by atoms with Crippen LogP contribution in [0.25, 0.3) is 10.8 Å². The molecule has 2 amide bonds. The number of ether oxygens (including phenoxy) is 1. The number of likely N-dealkylation sites (tertiary alicyclic amines) is 1. The first kappa shape index (κ1) is 15.6. The molecule has 1 N–H and O–H groups in total. The third kappa shape index (κ3) is 2.82. The molecule has 0 spiro atoms. The zero-order chi connectivity index (χ0) is 16.4. The molecule has 1 fully saturated rings. The van der Waals surface area contributed by atoms with E-state index in [-0.39, 0.29) is 22.9 Å². The molecule has 120 valence electrons. The van der Waals surface area contributed by atoms with Gasteiger partial charge in [-0.25, -0.2) is 4.98 Å². The number of amides is 2. The van der Waals surface area contributed by atoms with Gasteiger partial charge in [0.2, 0.25) is 6.41 Å². The summed E-state index contributed by atoms with van der Waals surface area (Å²) in [6.07, 6.45) is 1.87. The lowest BCUT2D eigenvalue weighted by molar-refractivity contribution is -0.110. The molecule has 0 aliphatic carbocycles. The van der Waals surface area contributed by atoms with E-state index in [0.717, 1.165) is 18.2 Å². The first-order valence-corrected chi connectivity index (χ1v) is 7.67. The Labute approximate surface area is 138 Å². The summed E-state index contributed by atoms with van der Waals surface area (Å²) in [5, 5.41) is 4.31. The fourth-order valence-electron chi connectivity index (χ4n) is 2.96. The van der Waals surface area contributed by atoms with Crippen LogP contribution in [0.3, 0.4) is 0 Å².